The Morgan fingerprint density at radius 3 is 2.94 bits per heavy atom. The van der Waals surface area contributed by atoms with Crippen LogP contribution in [0.25, 0.3) is 6.08 Å². The second-order valence-corrected chi connectivity index (χ2v) is 3.46. The molecule has 2 amide bonds. The number of hydrogen-bond acceptors (Lipinski definition) is 2. The monoisotopic (exact) mass is 220 g/mol. The number of halogens is 1. The number of primary amides is 1. The first kappa shape index (κ1) is 10.4. The van der Waals surface area contributed by atoms with E-state index in [1.807, 2.05) is 0 Å². The topological polar surface area (TPSA) is 72.2 Å². The first-order valence-electron chi connectivity index (χ1n) is 4.66. The molecule has 5 heteroatoms. The molecule has 0 unspecified atom stereocenters. The van der Waals surface area contributed by atoms with E-state index in [2.05, 4.69) is 5.32 Å². The first-order chi connectivity index (χ1) is 7.58. The van der Waals surface area contributed by atoms with Crippen molar-refractivity contribution in [2.75, 3.05) is 5.32 Å². The van der Waals surface area contributed by atoms with E-state index in [4.69, 9.17) is 5.73 Å². The molecule has 0 aliphatic carbocycles. The van der Waals surface area contributed by atoms with Crippen LogP contribution < -0.4 is 11.1 Å². The van der Waals surface area contributed by atoms with E-state index in [1.165, 1.54) is 12.1 Å². The highest BCUT2D eigenvalue weighted by atomic mass is 19.1. The third-order valence-corrected chi connectivity index (χ3v) is 2.30. The number of fused-ring (bicyclic) bond motifs is 1. The van der Waals surface area contributed by atoms with Crippen LogP contribution in [-0.4, -0.2) is 11.8 Å². The van der Waals surface area contributed by atoms with Crippen molar-refractivity contribution in [2.45, 2.75) is 6.42 Å². The Bertz CT molecular complexity index is 509. The van der Waals surface area contributed by atoms with Crippen LogP contribution in [-0.2, 0) is 16.0 Å². The lowest BCUT2D eigenvalue weighted by molar-refractivity contribution is -0.115. The van der Waals surface area contributed by atoms with Gasteiger partial charge >= 0.3 is 0 Å². The lowest BCUT2D eigenvalue weighted by Crippen LogP contribution is -2.06. The van der Waals surface area contributed by atoms with Crippen LogP contribution >= 0.6 is 0 Å². The lowest BCUT2D eigenvalue weighted by atomic mass is 10.1. The maximum atomic E-state index is 13.8. The third-order valence-electron chi connectivity index (χ3n) is 2.30. The molecule has 4 nitrogen and oxygen atoms in total. The summed E-state index contributed by atoms with van der Waals surface area (Å²) in [5.74, 6) is -1.42. The zero-order valence-electron chi connectivity index (χ0n) is 8.29. The number of hydrogen-bond donors (Lipinski definition) is 2. The maximum Gasteiger partial charge on any atom is 0.241 e. The molecule has 3 N–H and O–H groups in total. The number of nitrogens with one attached hydrogen (secondary N) is 1. The minimum Gasteiger partial charge on any atom is -0.366 e. The van der Waals surface area contributed by atoms with Gasteiger partial charge < -0.3 is 11.1 Å². The molecule has 0 atom stereocenters. The predicted octanol–water partition coefficient (Wildman–Crippen LogP) is 0.819. The molecule has 1 aliphatic rings. The molecule has 1 aromatic rings. The molecule has 0 aromatic heterocycles. The highest BCUT2D eigenvalue weighted by Gasteiger charge is 2.22. The van der Waals surface area contributed by atoms with Crippen molar-refractivity contribution in [3.05, 3.63) is 35.2 Å². The summed E-state index contributed by atoms with van der Waals surface area (Å²) >= 11 is 0. The van der Waals surface area contributed by atoms with Gasteiger partial charge in [0.15, 0.2) is 5.82 Å². The Kier molecular flexibility index (Phi) is 2.44. The average molecular weight is 220 g/mol. The number of anilines is 1. The molecule has 82 valence electrons. The normalized spacial score (nSPS) is 13.9. The standard InChI is InChI=1S/C11H9FN2O2/c12-10-6(3-4-8(13)15)1-2-7-5-9(16)14-11(7)10/h1-4H,5H2,(H2,13,15)(H,14,16). The van der Waals surface area contributed by atoms with Crippen molar-refractivity contribution in [3.8, 4) is 0 Å². The minimum atomic E-state index is -0.649. The van der Waals surface area contributed by atoms with Crippen LogP contribution in [0.15, 0.2) is 18.2 Å². The maximum absolute atomic E-state index is 13.8. The van der Waals surface area contributed by atoms with Gasteiger partial charge in [0.1, 0.15) is 0 Å². The van der Waals surface area contributed by atoms with Gasteiger partial charge in [0, 0.05) is 11.6 Å². The number of benzene rings is 1. The molecule has 0 saturated heterocycles. The fourth-order valence-electron chi connectivity index (χ4n) is 1.57. The van der Waals surface area contributed by atoms with Crippen molar-refractivity contribution < 1.29 is 14.0 Å². The van der Waals surface area contributed by atoms with E-state index in [0.717, 1.165) is 6.08 Å². The van der Waals surface area contributed by atoms with E-state index < -0.39 is 11.7 Å². The van der Waals surface area contributed by atoms with Crippen LogP contribution in [0, 0.1) is 5.82 Å². The highest BCUT2D eigenvalue weighted by Crippen LogP contribution is 2.28. The summed E-state index contributed by atoms with van der Waals surface area (Å²) < 4.78 is 13.8. The molecule has 0 bridgehead atoms. The summed E-state index contributed by atoms with van der Waals surface area (Å²) in [5, 5.41) is 2.43. The zero-order valence-corrected chi connectivity index (χ0v) is 8.29. The minimum absolute atomic E-state index is 0.187. The first-order valence-corrected chi connectivity index (χ1v) is 4.66. The van der Waals surface area contributed by atoms with E-state index >= 15 is 0 Å². The fourth-order valence-corrected chi connectivity index (χ4v) is 1.57. The van der Waals surface area contributed by atoms with Gasteiger partial charge in [0.05, 0.1) is 12.1 Å². The van der Waals surface area contributed by atoms with Gasteiger partial charge in [-0.15, -0.1) is 0 Å². The average Bonchev–Trinajstić information content (AvgIpc) is 2.58. The van der Waals surface area contributed by atoms with E-state index in [-0.39, 0.29) is 23.6 Å². The van der Waals surface area contributed by atoms with E-state index in [1.54, 1.807) is 6.07 Å². The quantitative estimate of drug-likeness (QED) is 0.724. The predicted molar refractivity (Wildman–Crippen MR) is 57.0 cm³/mol. The van der Waals surface area contributed by atoms with Crippen LogP contribution in [0.3, 0.4) is 0 Å². The highest BCUT2D eigenvalue weighted by molar-refractivity contribution is 6.00. The summed E-state index contributed by atoms with van der Waals surface area (Å²) in [4.78, 5) is 21.6. The zero-order chi connectivity index (χ0) is 11.7. The Morgan fingerprint density at radius 1 is 1.50 bits per heavy atom. The van der Waals surface area contributed by atoms with Gasteiger partial charge in [-0.1, -0.05) is 12.1 Å². The molecule has 0 spiro atoms. The van der Waals surface area contributed by atoms with Crippen LogP contribution in [0.4, 0.5) is 10.1 Å². The third kappa shape index (κ3) is 1.79. The Hall–Kier alpha value is -2.17. The number of carbonyl (C=O) groups excluding carboxylic acids is 2. The van der Waals surface area contributed by atoms with Gasteiger partial charge in [-0.25, -0.2) is 4.39 Å². The van der Waals surface area contributed by atoms with Gasteiger partial charge in [0.25, 0.3) is 0 Å². The van der Waals surface area contributed by atoms with Crippen molar-refractivity contribution >= 4 is 23.6 Å². The fraction of sp³-hybridized carbons (Fsp3) is 0.0909. The Labute approximate surface area is 90.9 Å². The number of rotatable bonds is 2. The molecule has 0 saturated carbocycles. The van der Waals surface area contributed by atoms with Gasteiger partial charge in [-0.05, 0) is 11.6 Å². The van der Waals surface area contributed by atoms with Crippen molar-refractivity contribution in [2.24, 2.45) is 5.73 Å². The second-order valence-electron chi connectivity index (χ2n) is 3.46. The summed E-state index contributed by atoms with van der Waals surface area (Å²) in [6.45, 7) is 0. The van der Waals surface area contributed by atoms with Crippen molar-refractivity contribution in [1.82, 2.24) is 0 Å². The van der Waals surface area contributed by atoms with Crippen LogP contribution in [0.5, 0.6) is 0 Å². The number of carbonyl (C=O) groups is 2. The van der Waals surface area contributed by atoms with Gasteiger partial charge in [-0.2, -0.15) is 0 Å². The van der Waals surface area contributed by atoms with Crippen molar-refractivity contribution in [3.63, 3.8) is 0 Å². The lowest BCUT2D eigenvalue weighted by Gasteiger charge is -2.03. The molecule has 2 rings (SSSR count). The number of amides is 2. The molecule has 0 fully saturated rings. The Morgan fingerprint density at radius 2 is 2.25 bits per heavy atom. The van der Waals surface area contributed by atoms with Gasteiger partial charge in [0.2, 0.25) is 11.8 Å². The van der Waals surface area contributed by atoms with E-state index in [9.17, 15) is 14.0 Å². The summed E-state index contributed by atoms with van der Waals surface area (Å²) in [7, 11) is 0. The smallest absolute Gasteiger partial charge is 0.241 e. The molecule has 16 heavy (non-hydrogen) atoms. The van der Waals surface area contributed by atoms with Crippen LogP contribution in [0.2, 0.25) is 0 Å². The molecule has 0 radical (unpaired) electrons. The molecule has 1 aromatic carbocycles. The SMILES string of the molecule is NC(=O)C=Cc1ccc2c(c1F)NC(=O)C2. The second kappa shape index (κ2) is 3.77. The Balaban J connectivity index is 2.41. The van der Waals surface area contributed by atoms with Crippen molar-refractivity contribution in [1.29, 1.82) is 0 Å². The summed E-state index contributed by atoms with van der Waals surface area (Å²) in [5.41, 5.74) is 5.94. The molecule has 1 heterocycles. The largest absolute Gasteiger partial charge is 0.366 e. The molecule has 1 aliphatic heterocycles. The number of nitrogens with two attached hydrogens (primary N) is 1. The van der Waals surface area contributed by atoms with Crippen LogP contribution in [0.1, 0.15) is 11.1 Å². The molecular formula is C11H9FN2O2. The van der Waals surface area contributed by atoms with E-state index in [0.29, 0.717) is 5.56 Å². The summed E-state index contributed by atoms with van der Waals surface area (Å²) in [6.07, 6.45) is 2.54. The molecular weight excluding hydrogens is 211 g/mol. The summed E-state index contributed by atoms with van der Waals surface area (Å²) in [6, 6.07) is 3.16. The van der Waals surface area contributed by atoms with Gasteiger partial charge in [-0.3, -0.25) is 9.59 Å².